The minimum Gasteiger partial charge on any atom is -0.495 e. The average molecular weight is 1940 g/mol. The molecule has 6 heterocycles. The molecule has 6 N–H and O–H groups in total. The van der Waals surface area contributed by atoms with Crippen molar-refractivity contribution in [1.82, 2.24) is 41.0 Å². The van der Waals surface area contributed by atoms with Crippen LogP contribution in [0, 0.1) is 59.2 Å². The van der Waals surface area contributed by atoms with E-state index in [1.165, 1.54) is 26.7 Å². The molecule has 0 spiro atoms. The number of thiazole rings is 2. The molecular formula is C103H135ClN14O13S4. The molecule has 8 atom stereocenters. The summed E-state index contributed by atoms with van der Waals surface area (Å²) >= 11 is 21.2. The Labute approximate surface area is 820 Å². The van der Waals surface area contributed by atoms with E-state index in [9.17, 15) is 39.9 Å². The number of aromatic nitrogens is 2. The van der Waals surface area contributed by atoms with Crippen LogP contribution in [-0.2, 0) is 51.2 Å². The van der Waals surface area contributed by atoms with Crippen LogP contribution in [0.4, 0.5) is 22.7 Å². The molecule has 4 amide bonds. The Morgan fingerprint density at radius 2 is 0.896 bits per heavy atom. The summed E-state index contributed by atoms with van der Waals surface area (Å²) < 4.78 is 40.5. The third-order valence-electron chi connectivity index (χ3n) is 25.0. The molecule has 135 heavy (non-hydrogen) atoms. The van der Waals surface area contributed by atoms with Crippen molar-refractivity contribution in [3.8, 4) is 50.3 Å². The van der Waals surface area contributed by atoms with E-state index in [4.69, 9.17) is 69.2 Å². The molecule has 6 aromatic carbocycles. The van der Waals surface area contributed by atoms with Crippen molar-refractivity contribution >= 4 is 115 Å². The lowest BCUT2D eigenvalue weighted by atomic mass is 9.86. The maximum absolute atomic E-state index is 13.6. The number of nitrogens with one attached hydrogen (secondary N) is 4. The highest BCUT2D eigenvalue weighted by Crippen LogP contribution is 2.42. The predicted molar refractivity (Wildman–Crippen MR) is 543 cm³/mol. The second-order valence-corrected chi connectivity index (χ2v) is 41.4. The molecule has 4 aliphatic heterocycles. The number of benzene rings is 6. The summed E-state index contributed by atoms with van der Waals surface area (Å²) in [5.74, 6) is 2.02. The number of ether oxygens (including phenoxy) is 7. The summed E-state index contributed by atoms with van der Waals surface area (Å²) in [6.45, 7) is 37.0. The molecule has 0 bridgehead atoms. The first-order valence-corrected chi connectivity index (χ1v) is 49.7. The van der Waals surface area contributed by atoms with Crippen molar-refractivity contribution in [1.29, 1.82) is 10.5 Å². The number of aliphatic hydroxyl groups is 2. The van der Waals surface area contributed by atoms with Gasteiger partial charge in [-0.3, -0.25) is 49.4 Å². The summed E-state index contributed by atoms with van der Waals surface area (Å²) in [5.41, 5.74) is 11.3. The quantitative estimate of drug-likeness (QED) is 0.0117. The fraction of sp³-hybridized carbons (Fsp3) is 0.515. The van der Waals surface area contributed by atoms with Crippen LogP contribution in [0.5, 0.6) is 17.2 Å². The van der Waals surface area contributed by atoms with Crippen molar-refractivity contribution < 1.29 is 62.5 Å². The smallest absolute Gasteiger partial charge is 0.259 e. The fourth-order valence-electron chi connectivity index (χ4n) is 17.2. The normalized spacial score (nSPS) is 18.3. The highest BCUT2D eigenvalue weighted by Gasteiger charge is 2.52. The number of amides is 4. The molecule has 4 aliphatic rings. The van der Waals surface area contributed by atoms with E-state index >= 15 is 0 Å². The van der Waals surface area contributed by atoms with Gasteiger partial charge in [-0.05, 0) is 254 Å². The number of nitriles is 2. The Balaban J connectivity index is 0.000000260. The molecule has 2 unspecified atom stereocenters. The number of halogens is 1. The molecule has 0 aliphatic carbocycles. The van der Waals surface area contributed by atoms with Gasteiger partial charge in [0.15, 0.2) is 10.2 Å². The van der Waals surface area contributed by atoms with Crippen molar-refractivity contribution in [2.24, 2.45) is 22.7 Å². The third-order valence-corrected chi connectivity index (χ3v) is 28.0. The zero-order valence-electron chi connectivity index (χ0n) is 80.7. The predicted octanol–water partition coefficient (Wildman–Crippen LogP) is 17.1. The fourth-order valence-corrected chi connectivity index (χ4v) is 20.1. The van der Waals surface area contributed by atoms with Crippen LogP contribution < -0.4 is 55.1 Å². The van der Waals surface area contributed by atoms with Gasteiger partial charge in [0.2, 0.25) is 11.8 Å². The molecule has 0 saturated carbocycles. The molecule has 8 aromatic rings. The van der Waals surface area contributed by atoms with Gasteiger partial charge in [0.25, 0.3) is 11.8 Å². The van der Waals surface area contributed by atoms with Gasteiger partial charge in [0.1, 0.15) is 66.1 Å². The Morgan fingerprint density at radius 3 is 1.27 bits per heavy atom. The van der Waals surface area contributed by atoms with E-state index in [2.05, 4.69) is 151 Å². The number of methoxy groups -OCH3 is 1. The molecular weight excluding hydrogens is 1800 g/mol. The molecule has 4 saturated heterocycles. The van der Waals surface area contributed by atoms with Gasteiger partial charge >= 0.3 is 0 Å². The number of hydrogen-bond acceptors (Lipinski definition) is 25. The highest BCUT2D eigenvalue weighted by atomic mass is 35.5. The van der Waals surface area contributed by atoms with Crippen LogP contribution in [0.3, 0.4) is 0 Å². The van der Waals surface area contributed by atoms with Crippen LogP contribution in [0.25, 0.3) is 20.9 Å². The van der Waals surface area contributed by atoms with Crippen molar-refractivity contribution in [3.63, 3.8) is 0 Å². The maximum Gasteiger partial charge on any atom is 0.259 e. The highest BCUT2D eigenvalue weighted by molar-refractivity contribution is 7.81. The Morgan fingerprint density at radius 1 is 0.526 bits per heavy atom. The number of rotatable bonds is 47. The minimum absolute atomic E-state index is 0.0154. The van der Waals surface area contributed by atoms with Gasteiger partial charge in [-0.2, -0.15) is 10.5 Å². The minimum atomic E-state index is -0.941. The maximum atomic E-state index is 13.6. The Bertz CT molecular complexity index is 5330. The van der Waals surface area contributed by atoms with Crippen molar-refractivity contribution in [2.45, 2.75) is 222 Å². The molecule has 0 radical (unpaired) electrons. The zero-order chi connectivity index (χ0) is 97.3. The van der Waals surface area contributed by atoms with Crippen molar-refractivity contribution in [2.75, 3.05) is 119 Å². The lowest BCUT2D eigenvalue weighted by Gasteiger charge is -2.38. The van der Waals surface area contributed by atoms with Gasteiger partial charge in [-0.25, -0.2) is 9.97 Å². The molecule has 2 aromatic heterocycles. The summed E-state index contributed by atoms with van der Waals surface area (Å²) in [7, 11) is 1.49. The van der Waals surface area contributed by atoms with E-state index in [1.807, 2.05) is 117 Å². The van der Waals surface area contributed by atoms with Gasteiger partial charge < -0.3 is 63.8 Å². The first kappa shape index (κ1) is 106. The number of likely N-dealkylation sites (tertiary alicyclic amines) is 2. The Hall–Kier alpha value is -9.49. The zero-order valence-corrected chi connectivity index (χ0v) is 84.8. The molecule has 27 nitrogen and oxygen atoms in total. The van der Waals surface area contributed by atoms with Gasteiger partial charge in [-0.15, -0.1) is 22.7 Å². The molecule has 32 heteroatoms. The van der Waals surface area contributed by atoms with Gasteiger partial charge in [0, 0.05) is 121 Å². The summed E-state index contributed by atoms with van der Waals surface area (Å²) in [5, 5.41) is 55.4. The molecule has 726 valence electrons. The lowest BCUT2D eigenvalue weighted by molar-refractivity contribution is -0.128. The number of hydrogen-bond donors (Lipinski definition) is 6. The van der Waals surface area contributed by atoms with Crippen molar-refractivity contribution in [3.05, 3.63) is 183 Å². The van der Waals surface area contributed by atoms with E-state index in [1.54, 1.807) is 59.1 Å². The van der Waals surface area contributed by atoms with Crippen LogP contribution in [-0.4, -0.2) is 211 Å². The number of carbonyl (C=O) groups is 4. The Kier molecular flexibility index (Phi) is 39.0. The number of anilines is 4. The topological polar surface area (TPSA) is 314 Å². The number of thiocarbonyl (C=S) groups is 2. The number of carbonyl (C=O) groups excluding carboxylic acids is 4. The van der Waals surface area contributed by atoms with Crippen LogP contribution in [0.2, 0.25) is 5.02 Å². The second-order valence-electron chi connectivity index (χ2n) is 38.5. The number of aliphatic hydroxyl groups excluding tert-OH is 2. The van der Waals surface area contributed by atoms with Crippen LogP contribution >= 0.6 is 58.7 Å². The summed E-state index contributed by atoms with van der Waals surface area (Å²) in [6.07, 6.45) is 7.19. The molecule has 4 fully saturated rings. The second kappa shape index (κ2) is 49.7. The van der Waals surface area contributed by atoms with E-state index < -0.39 is 23.5 Å². The van der Waals surface area contributed by atoms with Crippen LogP contribution in [0.1, 0.15) is 181 Å². The largest absolute Gasteiger partial charge is 0.495 e. The number of unbranched alkanes of at least 4 members (excludes halogenated alkanes) is 4. The number of aryl methyl sites for hydroxylation is 2. The van der Waals surface area contributed by atoms with E-state index in [-0.39, 0.29) is 76.9 Å². The lowest BCUT2D eigenvalue weighted by Crippen LogP contribution is -2.55. The first-order valence-electron chi connectivity index (χ1n) is 46.8. The van der Waals surface area contributed by atoms with Gasteiger partial charge in [0.05, 0.1) is 80.0 Å². The summed E-state index contributed by atoms with van der Waals surface area (Å²) in [4.78, 5) is 75.6. The summed E-state index contributed by atoms with van der Waals surface area (Å²) in [6, 6.07) is 45.5. The monoisotopic (exact) mass is 1940 g/mol. The van der Waals surface area contributed by atoms with E-state index in [0.717, 1.165) is 121 Å². The molecule has 12 rings (SSSR count). The third kappa shape index (κ3) is 28.8. The first-order chi connectivity index (χ1) is 64.5. The van der Waals surface area contributed by atoms with Crippen LogP contribution in [0.15, 0.2) is 144 Å². The van der Waals surface area contributed by atoms with E-state index in [0.29, 0.717) is 142 Å². The average Bonchev–Trinajstić information content (AvgIpc) is 1.59. The van der Waals surface area contributed by atoms with Gasteiger partial charge in [-0.1, -0.05) is 116 Å². The SMILES string of the molecule is COc1cc(N2C(=O)C(C)(C)N(c3ccc(OCCCCCOCCCOCC(=O)N[C@H](CN4C[C@H](C)C[C@H]4C(O)NCc4ccc(-c5scnc5C)cc4)C(C)(C)C)cc3)C2=S)ccc1C#N.Cc1ncsc1-c1ccc(CNC(O)[C@@H]2C[C@@H](C)CN2C[C@@H](NC(=O)COCCCOCCCCCOc2ccc(N3C(=S)N(c4ccc(C#N)c(Cl)c4)C(=O)C3(C)C)cc2)C(C)(C)C)cc1. The standard InChI is InChI=1S/C52H69N7O7S2.C51H66ClN7O6S2/c1-35-27-43(48(61)54-30-37-13-15-38(16-14-37)47-36(2)55-34-68-47)57(31-35)32-45(51(3,4)5)56-46(60)33-65-25-12-24-64-23-10-9-11-26-66-42-21-19-40(20-22-42)59-50(67)58(49(62)52(59,6)7)41-18-17-39(29-53)44(28-41)63-8;1-34-26-43(47(61)54-29-36-12-14-37(15-13-36)46-35(2)55-33-67-46)57(30-34)31-44(50(3,4)5)56-45(60)32-64-24-11-23-63-22-9-8-10-25-65-41-20-18-39(19-21-41)59-49(66)58(48(62)51(59,6)7)40-17-16-38(28-53)42(52)27-40/h13-22,28,34-35,43,45,48,54,61H,9-12,23-27,30-33H2,1-8H3,(H,56,60);12-21,27,33-34,43-44,47,54,61H,8-11,22-26,29-32H2,1-7H3,(H,56,60)/t35-,43+,45-,48?;34-,43+,44-,47?/m11/s1. The number of nitrogens with zero attached hydrogens (tertiary/aromatic N) is 10.